The standard InChI is InChI=1S/C20H20FN6O.C5H4N.H2O.W/c21-15-10-12-6-7-24-11-13(12)9-14(15)20(28)26-18-5-1-3-16(25-18)19(23)27-8-2-4-17(27)22;1-2-4-6-5-3-1;;/h1,3,5,9-10,22-23H,2,4,6-8,11H2,(H,25,26,28);1-4H;1H2;/q2*-1;;+2. The minimum atomic E-state index is -0.587. The largest absolute Gasteiger partial charge is 2.00 e. The Labute approximate surface area is 223 Å². The number of likely N-dealkylation sites (tertiary alicyclic amines) is 1. The minimum Gasteiger partial charge on any atom is -0.658 e. The average molecular weight is 659 g/mol. The summed E-state index contributed by atoms with van der Waals surface area (Å²) in [5.41, 5.74) is 2.08. The molecule has 11 heteroatoms. The van der Waals surface area contributed by atoms with Crippen molar-refractivity contribution in [1.82, 2.24) is 14.9 Å². The molecular formula is C25H26FN7O2W. The Morgan fingerprint density at radius 1 is 1.17 bits per heavy atom. The van der Waals surface area contributed by atoms with Crippen LogP contribution in [-0.2, 0) is 34.0 Å². The number of amidine groups is 2. The molecule has 0 aliphatic carbocycles. The molecule has 0 spiro atoms. The van der Waals surface area contributed by atoms with Crippen LogP contribution in [0.3, 0.4) is 0 Å². The van der Waals surface area contributed by atoms with Gasteiger partial charge < -0.3 is 26.0 Å². The van der Waals surface area contributed by atoms with Crippen LogP contribution in [0.15, 0.2) is 54.7 Å². The normalized spacial score (nSPS) is 13.8. The van der Waals surface area contributed by atoms with Crippen molar-refractivity contribution in [1.29, 1.82) is 10.8 Å². The monoisotopic (exact) mass is 659 g/mol. The molecule has 186 valence electrons. The second-order valence-electron chi connectivity index (χ2n) is 7.83. The fourth-order valence-electron chi connectivity index (χ4n) is 3.77. The first-order chi connectivity index (χ1) is 16.5. The Morgan fingerprint density at radius 3 is 2.64 bits per heavy atom. The van der Waals surface area contributed by atoms with Crippen LogP contribution in [-0.4, -0.2) is 51.0 Å². The molecule has 4 heterocycles. The first-order valence-electron chi connectivity index (χ1n) is 11.0. The first kappa shape index (κ1) is 28.9. The van der Waals surface area contributed by atoms with Crippen molar-refractivity contribution in [2.75, 3.05) is 18.4 Å². The van der Waals surface area contributed by atoms with Crippen LogP contribution < -0.4 is 5.32 Å². The summed E-state index contributed by atoms with van der Waals surface area (Å²) < 4.78 is 14.4. The van der Waals surface area contributed by atoms with Crippen LogP contribution in [0.4, 0.5) is 10.2 Å². The summed E-state index contributed by atoms with van der Waals surface area (Å²) in [6, 6.07) is 13.4. The van der Waals surface area contributed by atoms with Gasteiger partial charge in [0.2, 0.25) is 0 Å². The third-order valence-corrected chi connectivity index (χ3v) is 5.50. The number of halogens is 1. The van der Waals surface area contributed by atoms with Crippen LogP contribution in [0.5, 0.6) is 0 Å². The molecule has 0 atom stereocenters. The number of fused-ring (bicyclic) bond motifs is 1. The zero-order valence-corrected chi connectivity index (χ0v) is 22.4. The Balaban J connectivity index is 0.000000503. The number of nitrogens with zero attached hydrogens (tertiary/aromatic N) is 4. The molecule has 2 aliphatic rings. The molecule has 5 N–H and O–H groups in total. The van der Waals surface area contributed by atoms with E-state index in [0.29, 0.717) is 44.0 Å². The summed E-state index contributed by atoms with van der Waals surface area (Å²) in [6.07, 6.45) is 6.50. The van der Waals surface area contributed by atoms with E-state index in [9.17, 15) is 9.18 Å². The summed E-state index contributed by atoms with van der Waals surface area (Å²) in [5, 5.41) is 23.1. The molecular weight excluding hydrogens is 633 g/mol. The van der Waals surface area contributed by atoms with Crippen LogP contribution in [0.2, 0.25) is 0 Å². The molecule has 5 rings (SSSR count). The molecule has 2 aromatic heterocycles. The Morgan fingerprint density at radius 2 is 2.00 bits per heavy atom. The molecule has 1 amide bonds. The number of pyridine rings is 2. The fourth-order valence-corrected chi connectivity index (χ4v) is 3.77. The van der Waals surface area contributed by atoms with E-state index in [0.717, 1.165) is 17.5 Å². The van der Waals surface area contributed by atoms with Crippen molar-refractivity contribution in [2.45, 2.75) is 25.8 Å². The second kappa shape index (κ2) is 13.7. The number of carbonyl (C=O) groups excluding carboxylic acids is 1. The van der Waals surface area contributed by atoms with Crippen molar-refractivity contribution in [2.24, 2.45) is 0 Å². The van der Waals surface area contributed by atoms with Crippen LogP contribution >= 0.6 is 0 Å². The number of carbonyl (C=O) groups is 1. The number of rotatable bonds is 3. The molecule has 3 aromatic rings. The predicted octanol–water partition coefficient (Wildman–Crippen LogP) is 3.36. The van der Waals surface area contributed by atoms with Crippen molar-refractivity contribution in [3.8, 4) is 0 Å². The van der Waals surface area contributed by atoms with E-state index in [1.807, 2.05) is 12.1 Å². The van der Waals surface area contributed by atoms with Crippen LogP contribution in [0, 0.1) is 22.8 Å². The Kier molecular flexibility index (Phi) is 11.0. The van der Waals surface area contributed by atoms with Gasteiger partial charge in [0, 0.05) is 13.0 Å². The van der Waals surface area contributed by atoms with E-state index in [1.54, 1.807) is 41.4 Å². The maximum atomic E-state index is 14.4. The molecule has 2 aliphatic heterocycles. The van der Waals surface area contributed by atoms with E-state index in [1.165, 1.54) is 6.07 Å². The third kappa shape index (κ3) is 7.10. The van der Waals surface area contributed by atoms with E-state index in [-0.39, 0.29) is 43.8 Å². The molecule has 0 radical (unpaired) electrons. The third-order valence-electron chi connectivity index (χ3n) is 5.50. The van der Waals surface area contributed by atoms with Gasteiger partial charge in [0.05, 0.1) is 5.56 Å². The van der Waals surface area contributed by atoms with E-state index >= 15 is 0 Å². The molecule has 1 fully saturated rings. The summed E-state index contributed by atoms with van der Waals surface area (Å²) in [6.45, 7) is 1.78. The smallest absolute Gasteiger partial charge is 0.658 e. The van der Waals surface area contributed by atoms with Crippen LogP contribution in [0.25, 0.3) is 5.32 Å². The predicted molar refractivity (Wildman–Crippen MR) is 131 cm³/mol. The van der Waals surface area contributed by atoms with Gasteiger partial charge in [-0.05, 0) is 42.7 Å². The van der Waals surface area contributed by atoms with Crippen LogP contribution in [0.1, 0.15) is 40.0 Å². The number of hydrogen-bond donors (Lipinski definition) is 3. The van der Waals surface area contributed by atoms with Crippen molar-refractivity contribution >= 4 is 23.4 Å². The molecule has 0 unspecified atom stereocenters. The SMILES string of the molecule is N=C1CCCN1C(=N)c1cccc(NC(=O)c2cc3c(cc2F)CC[N-]C3)n1.O.[W+2].[c-]1ccccn1. The first-order valence-corrected chi connectivity index (χ1v) is 11.0. The van der Waals surface area contributed by atoms with E-state index in [2.05, 4.69) is 26.8 Å². The van der Waals surface area contributed by atoms with Gasteiger partial charge in [-0.15, -0.1) is 13.1 Å². The maximum Gasteiger partial charge on any atom is 2.00 e. The zero-order chi connectivity index (χ0) is 23.9. The Hall–Kier alpha value is -3.33. The molecule has 0 bridgehead atoms. The molecule has 9 nitrogen and oxygen atoms in total. The summed E-state index contributed by atoms with van der Waals surface area (Å²) >= 11 is 0. The number of benzene rings is 1. The average Bonchev–Trinajstić information content (AvgIpc) is 3.30. The van der Waals surface area contributed by atoms with E-state index in [4.69, 9.17) is 10.8 Å². The summed E-state index contributed by atoms with van der Waals surface area (Å²) in [7, 11) is 0. The number of hydrogen-bond acceptors (Lipinski definition) is 5. The molecule has 1 saturated heterocycles. The van der Waals surface area contributed by atoms with Gasteiger partial charge in [-0.3, -0.25) is 15.6 Å². The second-order valence-corrected chi connectivity index (χ2v) is 7.83. The van der Waals surface area contributed by atoms with Gasteiger partial charge in [-0.1, -0.05) is 24.0 Å². The zero-order valence-electron chi connectivity index (χ0n) is 19.4. The van der Waals surface area contributed by atoms with Crippen molar-refractivity contribution in [3.05, 3.63) is 94.4 Å². The maximum absolute atomic E-state index is 14.4. The number of amides is 1. The molecule has 1 aromatic carbocycles. The van der Waals surface area contributed by atoms with E-state index < -0.39 is 11.7 Å². The van der Waals surface area contributed by atoms with Gasteiger partial charge in [0.1, 0.15) is 23.2 Å². The number of aromatic nitrogens is 2. The minimum absolute atomic E-state index is 0. The van der Waals surface area contributed by atoms with Gasteiger partial charge in [0.15, 0.2) is 5.84 Å². The van der Waals surface area contributed by atoms with Gasteiger partial charge in [-0.2, -0.15) is 18.2 Å². The number of anilines is 1. The Bertz CT molecular complexity index is 1180. The molecule has 0 saturated carbocycles. The quantitative estimate of drug-likeness (QED) is 0.225. The molecule has 36 heavy (non-hydrogen) atoms. The van der Waals surface area contributed by atoms with Gasteiger partial charge in [0.25, 0.3) is 5.91 Å². The van der Waals surface area contributed by atoms with Crippen molar-refractivity contribution < 1.29 is 35.7 Å². The topological polar surface area (TPSA) is 151 Å². The number of nitrogens with one attached hydrogen (secondary N) is 3. The van der Waals surface area contributed by atoms with Gasteiger partial charge in [-0.25, -0.2) is 9.37 Å². The van der Waals surface area contributed by atoms with Gasteiger partial charge >= 0.3 is 21.1 Å². The summed E-state index contributed by atoms with van der Waals surface area (Å²) in [4.78, 5) is 22.1. The fraction of sp³-hybridized carbons (Fsp3) is 0.240. The van der Waals surface area contributed by atoms with Crippen molar-refractivity contribution in [3.63, 3.8) is 0 Å². The summed E-state index contributed by atoms with van der Waals surface area (Å²) in [5.74, 6) is -0.397.